The Kier molecular flexibility index (Phi) is 11.7. The van der Waals surface area contributed by atoms with Crippen LogP contribution in [0.25, 0.3) is 0 Å². The van der Waals surface area contributed by atoms with Gasteiger partial charge in [-0.3, -0.25) is 4.79 Å². The van der Waals surface area contributed by atoms with Gasteiger partial charge in [-0.2, -0.15) is 0 Å². The van der Waals surface area contributed by atoms with E-state index < -0.39 is 5.97 Å². The molecule has 0 aliphatic carbocycles. The summed E-state index contributed by atoms with van der Waals surface area (Å²) in [6.07, 6.45) is 4.75. The number of carboxylic acids is 1. The first kappa shape index (κ1) is 14.8. The van der Waals surface area contributed by atoms with Crippen LogP contribution in [0.15, 0.2) is 0 Å². The Morgan fingerprint density at radius 1 is 1.42 bits per heavy atom. The van der Waals surface area contributed by atoms with Gasteiger partial charge in [-0.15, -0.1) is 0 Å². The van der Waals surface area contributed by atoms with Crippen molar-refractivity contribution in [1.29, 1.82) is 0 Å². The number of aliphatic carboxylic acids is 1. The Morgan fingerprint density at radius 2 is 2.00 bits per heavy atom. The monoisotopic (exact) mass is 273 g/mol. The summed E-state index contributed by atoms with van der Waals surface area (Å²) in [5, 5.41) is 8.39. The molecule has 1 N–H and O–H groups in total. The second-order valence-electron chi connectivity index (χ2n) is 3.18. The Morgan fingerprint density at radius 3 is 2.42 bits per heavy atom. The summed E-state index contributed by atoms with van der Waals surface area (Å²) in [5.41, 5.74) is 0. The smallest absolute Gasteiger partial charge is 0.303 e. The number of hydrogen-bond acceptors (Lipinski definition) is 1. The molecule has 0 aliphatic heterocycles. The van der Waals surface area contributed by atoms with E-state index in [2.05, 4.69) is 13.8 Å². The molecule has 3 heteroatoms. The minimum atomic E-state index is -0.673. The number of carboxylic acid groups (broad SMARTS) is 1. The van der Waals surface area contributed by atoms with Crippen molar-refractivity contribution in [3.05, 3.63) is 0 Å². The third kappa shape index (κ3) is 10.3. The fraction of sp³-hybridized carbons (Fsp3) is 0.889. The van der Waals surface area contributed by atoms with Crippen molar-refractivity contribution >= 4 is 31.8 Å². The minimum absolute atomic E-state index is 0. The summed E-state index contributed by atoms with van der Waals surface area (Å²) in [6.45, 7) is 4.28. The maximum Gasteiger partial charge on any atom is 0.303 e. The quantitative estimate of drug-likeness (QED) is 0.806. The van der Waals surface area contributed by atoms with Crippen LogP contribution in [0.1, 0.15) is 46.0 Å². The topological polar surface area (TPSA) is 37.3 Å². The number of hydrogen-bond donors (Lipinski definition) is 1. The zero-order valence-corrected chi connectivity index (χ0v) is 11.3. The van der Waals surface area contributed by atoms with Gasteiger partial charge in [-0.25, -0.2) is 0 Å². The van der Waals surface area contributed by atoms with Gasteiger partial charge in [0.2, 0.25) is 0 Å². The molecule has 1 unspecified atom stereocenters. The van der Waals surface area contributed by atoms with E-state index in [0.717, 1.165) is 6.42 Å². The molecule has 1 atom stereocenters. The molecule has 0 bridgehead atoms. The van der Waals surface area contributed by atoms with Crippen LogP contribution in [0.3, 0.4) is 0 Å². The molecule has 0 fully saturated rings. The Bertz CT molecular complexity index is 115. The van der Waals surface area contributed by atoms with Gasteiger partial charge < -0.3 is 5.11 Å². The van der Waals surface area contributed by atoms with Crippen LogP contribution in [0.2, 0.25) is 0 Å². The van der Waals surface area contributed by atoms with Crippen LogP contribution in [-0.4, -0.2) is 36.9 Å². The van der Waals surface area contributed by atoms with Gasteiger partial charge in [0.1, 0.15) is 0 Å². The van der Waals surface area contributed by atoms with Gasteiger partial charge in [0.05, 0.1) is 0 Å². The molecule has 0 amide bonds. The van der Waals surface area contributed by atoms with Gasteiger partial charge >= 0.3 is 5.97 Å². The number of rotatable bonds is 6. The van der Waals surface area contributed by atoms with E-state index in [1.54, 1.807) is 0 Å². The van der Waals surface area contributed by atoms with Crippen molar-refractivity contribution in [1.82, 2.24) is 0 Å². The standard InChI is InChI=1S/C9H18O2.In/c1-3-4-5-8(2)6-7-9(10)11;/h8H,3-7H2,1-2H3,(H,10,11);. The maximum atomic E-state index is 10.2. The Labute approximate surface area is 93.5 Å². The van der Waals surface area contributed by atoms with E-state index in [1.807, 2.05) is 0 Å². The predicted molar refractivity (Wildman–Crippen MR) is 51.3 cm³/mol. The molecule has 0 aromatic rings. The van der Waals surface area contributed by atoms with Crippen molar-refractivity contribution in [3.63, 3.8) is 0 Å². The predicted octanol–water partition coefficient (Wildman–Crippen LogP) is 2.30. The average molecular weight is 273 g/mol. The molecular formula is C9H18InO2. The zero-order valence-electron chi connectivity index (χ0n) is 8.05. The molecule has 0 saturated heterocycles. The second kappa shape index (κ2) is 9.43. The summed E-state index contributed by atoms with van der Waals surface area (Å²) in [6, 6.07) is 0. The van der Waals surface area contributed by atoms with E-state index in [4.69, 9.17) is 5.11 Å². The van der Waals surface area contributed by atoms with Crippen molar-refractivity contribution in [2.24, 2.45) is 5.92 Å². The molecule has 2 nitrogen and oxygen atoms in total. The summed E-state index contributed by atoms with van der Waals surface area (Å²) >= 11 is 0. The first-order valence-electron chi connectivity index (χ1n) is 4.38. The van der Waals surface area contributed by atoms with E-state index in [9.17, 15) is 4.79 Å². The first-order chi connectivity index (χ1) is 5.16. The van der Waals surface area contributed by atoms with Gasteiger partial charge in [0.15, 0.2) is 0 Å². The molecule has 3 radical (unpaired) electrons. The Hall–Kier alpha value is 0.340. The normalized spacial score (nSPS) is 11.8. The average Bonchev–Trinajstić information content (AvgIpc) is 1.97. The molecule has 0 aromatic heterocycles. The van der Waals surface area contributed by atoms with Gasteiger partial charge in [0, 0.05) is 32.3 Å². The van der Waals surface area contributed by atoms with Crippen molar-refractivity contribution in [2.75, 3.05) is 0 Å². The number of carbonyl (C=O) groups is 1. The van der Waals surface area contributed by atoms with Gasteiger partial charge in [-0.05, 0) is 12.3 Å². The van der Waals surface area contributed by atoms with Crippen molar-refractivity contribution in [3.8, 4) is 0 Å². The van der Waals surface area contributed by atoms with Crippen LogP contribution in [0, 0.1) is 5.92 Å². The van der Waals surface area contributed by atoms with Crippen LogP contribution in [-0.2, 0) is 4.79 Å². The largest absolute Gasteiger partial charge is 0.481 e. The molecule has 69 valence electrons. The van der Waals surface area contributed by atoms with Crippen LogP contribution in [0.5, 0.6) is 0 Å². The molecule has 12 heavy (non-hydrogen) atoms. The van der Waals surface area contributed by atoms with Crippen LogP contribution in [0.4, 0.5) is 0 Å². The van der Waals surface area contributed by atoms with Gasteiger partial charge in [-0.1, -0.05) is 33.1 Å². The minimum Gasteiger partial charge on any atom is -0.481 e. The van der Waals surface area contributed by atoms with Crippen LogP contribution < -0.4 is 0 Å². The number of unbranched alkanes of at least 4 members (excludes halogenated alkanes) is 1. The fourth-order valence-corrected chi connectivity index (χ4v) is 1.07. The van der Waals surface area contributed by atoms with E-state index in [-0.39, 0.29) is 25.8 Å². The zero-order chi connectivity index (χ0) is 8.69. The second-order valence-corrected chi connectivity index (χ2v) is 3.18. The third-order valence-corrected chi connectivity index (χ3v) is 1.90. The van der Waals surface area contributed by atoms with Gasteiger partial charge in [0.25, 0.3) is 0 Å². The molecule has 0 rings (SSSR count). The summed E-state index contributed by atoms with van der Waals surface area (Å²) in [5.74, 6) is -0.0978. The molecular weight excluding hydrogens is 255 g/mol. The first-order valence-corrected chi connectivity index (χ1v) is 4.38. The molecule has 0 saturated carbocycles. The fourth-order valence-electron chi connectivity index (χ4n) is 1.07. The molecule has 0 aromatic carbocycles. The SMILES string of the molecule is CCCCC(C)CCC(=O)O.[In]. The Balaban J connectivity index is 0. The van der Waals surface area contributed by atoms with Crippen LogP contribution >= 0.6 is 0 Å². The molecule has 0 heterocycles. The summed E-state index contributed by atoms with van der Waals surface area (Å²) < 4.78 is 0. The maximum absolute atomic E-state index is 10.2. The van der Waals surface area contributed by atoms with Crippen molar-refractivity contribution < 1.29 is 9.90 Å². The molecule has 0 spiro atoms. The molecule has 0 aliphatic rings. The summed E-state index contributed by atoms with van der Waals surface area (Å²) in [4.78, 5) is 10.2. The van der Waals surface area contributed by atoms with Crippen molar-refractivity contribution in [2.45, 2.75) is 46.0 Å². The third-order valence-electron chi connectivity index (χ3n) is 1.90. The van der Waals surface area contributed by atoms with E-state index in [1.165, 1.54) is 19.3 Å². The van der Waals surface area contributed by atoms with E-state index in [0.29, 0.717) is 12.3 Å². The summed E-state index contributed by atoms with van der Waals surface area (Å²) in [7, 11) is 0. The van der Waals surface area contributed by atoms with E-state index >= 15 is 0 Å².